The number of hydrogen-bond donors (Lipinski definition) is 0. The number of anilines is 1. The van der Waals surface area contributed by atoms with Crippen LogP contribution in [0.5, 0.6) is 0 Å². The van der Waals surface area contributed by atoms with Crippen molar-refractivity contribution in [3.05, 3.63) is 78.6 Å². The molecule has 0 spiro atoms. The molecule has 4 rings (SSSR count). The molecule has 1 aliphatic heterocycles. The van der Waals surface area contributed by atoms with Crippen LogP contribution in [0.25, 0.3) is 11.1 Å². The largest absolute Gasteiger partial charge is 0.446 e. The van der Waals surface area contributed by atoms with Gasteiger partial charge in [-0.25, -0.2) is 9.69 Å². The van der Waals surface area contributed by atoms with E-state index in [9.17, 15) is 22.8 Å². The Kier molecular flexibility index (Phi) is 5.92. The van der Waals surface area contributed by atoms with Gasteiger partial charge in [0.1, 0.15) is 6.04 Å². The number of nitrogens with zero attached hydrogens (tertiary/aromatic N) is 3. The smallest absolute Gasteiger partial charge is 0.308 e. The minimum atomic E-state index is -4.41. The SMILES string of the molecule is CC1C(=O)N(c2ccc(SC(F)(F)F)cc2)C(=O)N1Cc1ccncc1-c1ccccc1. The summed E-state index contributed by atoms with van der Waals surface area (Å²) in [6.45, 7) is 1.83. The van der Waals surface area contributed by atoms with E-state index < -0.39 is 23.5 Å². The van der Waals surface area contributed by atoms with E-state index in [4.69, 9.17) is 0 Å². The van der Waals surface area contributed by atoms with Gasteiger partial charge in [0.15, 0.2) is 0 Å². The second-order valence-electron chi connectivity index (χ2n) is 7.20. The molecule has 0 saturated carbocycles. The summed E-state index contributed by atoms with van der Waals surface area (Å²) in [6, 6.07) is 15.3. The summed E-state index contributed by atoms with van der Waals surface area (Å²) in [6.07, 6.45) is 3.34. The van der Waals surface area contributed by atoms with Crippen LogP contribution in [0.15, 0.2) is 78.0 Å². The average molecular weight is 457 g/mol. The molecule has 1 aliphatic rings. The summed E-state index contributed by atoms with van der Waals surface area (Å²) in [5.41, 5.74) is -1.55. The molecule has 1 unspecified atom stereocenters. The maximum absolute atomic E-state index is 13.1. The third-order valence-corrected chi connectivity index (χ3v) is 5.89. The number of thioether (sulfide) groups is 1. The van der Waals surface area contributed by atoms with Gasteiger partial charge in [-0.2, -0.15) is 13.2 Å². The van der Waals surface area contributed by atoms with Crippen LogP contribution < -0.4 is 4.90 Å². The van der Waals surface area contributed by atoms with Crippen molar-refractivity contribution in [1.82, 2.24) is 9.88 Å². The lowest BCUT2D eigenvalue weighted by atomic mass is 10.0. The van der Waals surface area contributed by atoms with Gasteiger partial charge in [-0.05, 0) is 60.1 Å². The number of pyridine rings is 1. The zero-order valence-corrected chi connectivity index (χ0v) is 17.7. The van der Waals surface area contributed by atoms with Crippen molar-refractivity contribution in [1.29, 1.82) is 0 Å². The zero-order valence-electron chi connectivity index (χ0n) is 16.9. The maximum Gasteiger partial charge on any atom is 0.446 e. The molecule has 2 heterocycles. The quantitative estimate of drug-likeness (QED) is 0.363. The maximum atomic E-state index is 13.1. The monoisotopic (exact) mass is 457 g/mol. The highest BCUT2D eigenvalue weighted by Crippen LogP contribution is 2.38. The number of imide groups is 1. The van der Waals surface area contributed by atoms with Crippen LogP contribution in [0, 0.1) is 0 Å². The van der Waals surface area contributed by atoms with Crippen molar-refractivity contribution >= 4 is 29.4 Å². The van der Waals surface area contributed by atoms with E-state index in [0.29, 0.717) is 0 Å². The molecule has 9 heteroatoms. The molecule has 1 fully saturated rings. The topological polar surface area (TPSA) is 53.5 Å². The van der Waals surface area contributed by atoms with E-state index in [-0.39, 0.29) is 28.9 Å². The zero-order chi connectivity index (χ0) is 22.9. The molecule has 1 saturated heterocycles. The van der Waals surface area contributed by atoms with Crippen LogP contribution in [0.2, 0.25) is 0 Å². The highest BCUT2D eigenvalue weighted by atomic mass is 32.2. The molecule has 1 aromatic heterocycles. The molecule has 164 valence electrons. The molecule has 1 atom stereocenters. The van der Waals surface area contributed by atoms with Crippen molar-refractivity contribution in [3.8, 4) is 11.1 Å². The number of amides is 3. The lowest BCUT2D eigenvalue weighted by molar-refractivity contribution is -0.119. The number of halogens is 3. The number of urea groups is 1. The Morgan fingerprint density at radius 2 is 1.69 bits per heavy atom. The van der Waals surface area contributed by atoms with Crippen molar-refractivity contribution in [3.63, 3.8) is 0 Å². The van der Waals surface area contributed by atoms with Crippen molar-refractivity contribution in [2.45, 2.75) is 29.9 Å². The third-order valence-electron chi connectivity index (χ3n) is 5.15. The second kappa shape index (κ2) is 8.66. The number of aromatic nitrogens is 1. The van der Waals surface area contributed by atoms with Gasteiger partial charge < -0.3 is 4.90 Å². The fraction of sp³-hybridized carbons (Fsp3) is 0.174. The number of carbonyl (C=O) groups is 2. The predicted molar refractivity (Wildman–Crippen MR) is 116 cm³/mol. The average Bonchev–Trinajstić information content (AvgIpc) is 2.97. The molecule has 0 N–H and O–H groups in total. The first kappa shape index (κ1) is 21.9. The van der Waals surface area contributed by atoms with Crippen LogP contribution in [0.4, 0.5) is 23.7 Å². The molecule has 32 heavy (non-hydrogen) atoms. The highest BCUT2D eigenvalue weighted by molar-refractivity contribution is 8.00. The Balaban J connectivity index is 1.58. The van der Waals surface area contributed by atoms with Gasteiger partial charge in [0.05, 0.1) is 5.69 Å². The molecule has 2 aromatic carbocycles. The molecule has 3 aromatic rings. The van der Waals surface area contributed by atoms with E-state index in [1.54, 1.807) is 25.4 Å². The van der Waals surface area contributed by atoms with E-state index in [0.717, 1.165) is 21.6 Å². The van der Waals surface area contributed by atoms with Gasteiger partial charge in [-0.1, -0.05) is 30.3 Å². The number of benzene rings is 2. The third kappa shape index (κ3) is 4.47. The molecule has 0 aliphatic carbocycles. The highest BCUT2D eigenvalue weighted by Gasteiger charge is 2.43. The van der Waals surface area contributed by atoms with Gasteiger partial charge in [-0.15, -0.1) is 0 Å². The van der Waals surface area contributed by atoms with Crippen molar-refractivity contribution < 1.29 is 22.8 Å². The van der Waals surface area contributed by atoms with Crippen LogP contribution in [0.1, 0.15) is 12.5 Å². The van der Waals surface area contributed by atoms with Gasteiger partial charge in [-0.3, -0.25) is 9.78 Å². The first-order valence-corrected chi connectivity index (χ1v) is 10.5. The Labute approximate surface area is 186 Å². The van der Waals surface area contributed by atoms with E-state index in [2.05, 4.69) is 4.98 Å². The Morgan fingerprint density at radius 3 is 2.34 bits per heavy atom. The Bertz CT molecular complexity index is 1140. The lowest BCUT2D eigenvalue weighted by Gasteiger charge is -2.21. The minimum absolute atomic E-state index is 0.0189. The first-order valence-electron chi connectivity index (χ1n) is 9.73. The van der Waals surface area contributed by atoms with Crippen molar-refractivity contribution in [2.24, 2.45) is 0 Å². The summed E-state index contributed by atoms with van der Waals surface area (Å²) >= 11 is -0.249. The Hall–Kier alpha value is -3.33. The van der Waals surface area contributed by atoms with Crippen LogP contribution in [0.3, 0.4) is 0 Å². The molecular weight excluding hydrogens is 439 g/mol. The summed E-state index contributed by atoms with van der Waals surface area (Å²) in [5, 5.41) is 0. The number of alkyl halides is 3. The van der Waals surface area contributed by atoms with Gasteiger partial charge >= 0.3 is 11.5 Å². The van der Waals surface area contributed by atoms with E-state index >= 15 is 0 Å². The fourth-order valence-corrected chi connectivity index (χ4v) is 4.11. The summed E-state index contributed by atoms with van der Waals surface area (Å²) in [4.78, 5) is 32.6. The minimum Gasteiger partial charge on any atom is -0.308 e. The first-order chi connectivity index (χ1) is 15.2. The molecular formula is C23H18F3N3O2S. The molecule has 3 amide bonds. The summed E-state index contributed by atoms with van der Waals surface area (Å²) in [5.74, 6) is -0.429. The molecule has 0 bridgehead atoms. The lowest BCUT2D eigenvalue weighted by Crippen LogP contribution is -2.33. The normalized spacial score (nSPS) is 16.7. The van der Waals surface area contributed by atoms with Gasteiger partial charge in [0.2, 0.25) is 0 Å². The van der Waals surface area contributed by atoms with Gasteiger partial charge in [0, 0.05) is 29.4 Å². The van der Waals surface area contributed by atoms with E-state index in [1.807, 2.05) is 30.3 Å². The van der Waals surface area contributed by atoms with Crippen LogP contribution in [-0.2, 0) is 11.3 Å². The number of hydrogen-bond acceptors (Lipinski definition) is 4. The van der Waals surface area contributed by atoms with E-state index in [1.165, 1.54) is 29.2 Å². The number of carbonyl (C=O) groups excluding carboxylic acids is 2. The Morgan fingerprint density at radius 1 is 1.00 bits per heavy atom. The standard InChI is InChI=1S/C23H18F3N3O2S/c1-15-21(30)29(18-7-9-19(10-8-18)32-23(24,25)26)22(31)28(15)14-17-11-12-27-13-20(17)16-5-3-2-4-6-16/h2-13,15H,14H2,1H3. The predicted octanol–water partition coefficient (Wildman–Crippen LogP) is 5.72. The van der Waals surface area contributed by atoms with Crippen LogP contribution >= 0.6 is 11.8 Å². The number of rotatable bonds is 5. The summed E-state index contributed by atoms with van der Waals surface area (Å²) < 4.78 is 37.7. The molecule has 5 nitrogen and oxygen atoms in total. The van der Waals surface area contributed by atoms with Crippen molar-refractivity contribution in [2.75, 3.05) is 4.90 Å². The van der Waals surface area contributed by atoms with Crippen LogP contribution in [-0.4, -0.2) is 33.4 Å². The van der Waals surface area contributed by atoms with Gasteiger partial charge in [0.25, 0.3) is 5.91 Å². The second-order valence-corrected chi connectivity index (χ2v) is 8.34. The fourth-order valence-electron chi connectivity index (χ4n) is 3.57. The summed E-state index contributed by atoms with van der Waals surface area (Å²) in [7, 11) is 0. The molecule has 0 radical (unpaired) electrons.